The van der Waals surface area contributed by atoms with Crippen molar-refractivity contribution in [2.75, 3.05) is 0 Å². The SMILES string of the molecule is c1ncc(CNC2C3C4CCC(C4)C23)cn1. The van der Waals surface area contributed by atoms with Gasteiger partial charge in [-0.05, 0) is 42.9 Å². The second-order valence-electron chi connectivity index (χ2n) is 5.64. The summed E-state index contributed by atoms with van der Waals surface area (Å²) in [6.45, 7) is 0.942. The fourth-order valence-corrected chi connectivity index (χ4v) is 4.26. The van der Waals surface area contributed by atoms with Gasteiger partial charge in [0, 0.05) is 30.5 Å². The van der Waals surface area contributed by atoms with Crippen LogP contribution in [0.25, 0.3) is 0 Å². The fourth-order valence-electron chi connectivity index (χ4n) is 4.26. The lowest BCUT2D eigenvalue weighted by atomic mass is 10.0. The second-order valence-corrected chi connectivity index (χ2v) is 5.64. The molecule has 0 aliphatic heterocycles. The summed E-state index contributed by atoms with van der Waals surface area (Å²) in [5.74, 6) is 4.14. The molecule has 3 aliphatic rings. The summed E-state index contributed by atoms with van der Waals surface area (Å²) in [6, 6.07) is 0.812. The Morgan fingerprint density at radius 1 is 1.12 bits per heavy atom. The lowest BCUT2D eigenvalue weighted by molar-refractivity contribution is 0.456. The number of fused-ring (bicyclic) bond motifs is 5. The molecule has 3 aliphatic carbocycles. The first-order valence-corrected chi connectivity index (χ1v) is 6.41. The molecule has 3 heteroatoms. The molecule has 3 saturated carbocycles. The first-order chi connectivity index (χ1) is 7.93. The van der Waals surface area contributed by atoms with Gasteiger partial charge in [-0.25, -0.2) is 9.97 Å². The van der Waals surface area contributed by atoms with E-state index in [1.807, 2.05) is 12.4 Å². The highest BCUT2D eigenvalue weighted by atomic mass is 15.0. The third-order valence-electron chi connectivity index (χ3n) is 4.89. The first kappa shape index (κ1) is 9.11. The molecule has 0 amide bonds. The van der Waals surface area contributed by atoms with Gasteiger partial charge >= 0.3 is 0 Å². The molecule has 1 aromatic heterocycles. The Morgan fingerprint density at radius 3 is 2.50 bits per heavy atom. The summed E-state index contributed by atoms with van der Waals surface area (Å²) in [5, 5.41) is 3.70. The number of hydrogen-bond acceptors (Lipinski definition) is 3. The number of nitrogens with zero attached hydrogens (tertiary/aromatic N) is 2. The van der Waals surface area contributed by atoms with Crippen molar-refractivity contribution in [1.82, 2.24) is 15.3 Å². The van der Waals surface area contributed by atoms with E-state index in [9.17, 15) is 0 Å². The molecule has 0 spiro atoms. The molecule has 1 N–H and O–H groups in total. The summed E-state index contributed by atoms with van der Waals surface area (Å²) < 4.78 is 0. The number of hydrogen-bond donors (Lipinski definition) is 1. The van der Waals surface area contributed by atoms with Crippen LogP contribution in [0.2, 0.25) is 0 Å². The molecule has 4 rings (SSSR count). The molecule has 4 atom stereocenters. The van der Waals surface area contributed by atoms with Crippen LogP contribution in [0.3, 0.4) is 0 Å². The summed E-state index contributed by atoms with van der Waals surface area (Å²) in [7, 11) is 0. The fraction of sp³-hybridized carbons (Fsp3) is 0.692. The number of nitrogens with one attached hydrogen (secondary N) is 1. The van der Waals surface area contributed by atoms with E-state index in [-0.39, 0.29) is 0 Å². The third-order valence-corrected chi connectivity index (χ3v) is 4.89. The topological polar surface area (TPSA) is 37.8 Å². The highest BCUT2D eigenvalue weighted by Crippen LogP contribution is 2.65. The Bertz CT molecular complexity index is 375. The van der Waals surface area contributed by atoms with Crippen LogP contribution in [-0.2, 0) is 6.54 Å². The van der Waals surface area contributed by atoms with Crippen molar-refractivity contribution in [2.45, 2.75) is 31.8 Å². The molecule has 2 bridgehead atoms. The summed E-state index contributed by atoms with van der Waals surface area (Å²) in [6.07, 6.45) is 9.94. The van der Waals surface area contributed by atoms with E-state index in [0.29, 0.717) is 0 Å². The predicted molar refractivity (Wildman–Crippen MR) is 60.5 cm³/mol. The van der Waals surface area contributed by atoms with Crippen LogP contribution >= 0.6 is 0 Å². The van der Waals surface area contributed by atoms with Gasteiger partial charge < -0.3 is 5.32 Å². The maximum atomic E-state index is 4.05. The van der Waals surface area contributed by atoms with Crippen LogP contribution in [0.15, 0.2) is 18.7 Å². The normalized spacial score (nSPS) is 43.4. The molecule has 1 heterocycles. The van der Waals surface area contributed by atoms with Crippen molar-refractivity contribution in [3.63, 3.8) is 0 Å². The van der Waals surface area contributed by atoms with Crippen LogP contribution < -0.4 is 5.32 Å². The minimum Gasteiger partial charge on any atom is -0.309 e. The zero-order valence-corrected chi connectivity index (χ0v) is 9.34. The minimum atomic E-state index is 0.812. The van der Waals surface area contributed by atoms with E-state index in [4.69, 9.17) is 0 Å². The standard InChI is InChI=1S/C13H17N3/c1-2-10-3-9(1)11-12(10)13(11)16-6-8-4-14-7-15-5-8/h4-5,7,9-13,16H,1-3,6H2. The molecule has 0 aromatic carbocycles. The molecular weight excluding hydrogens is 198 g/mol. The van der Waals surface area contributed by atoms with Crippen LogP contribution in [0, 0.1) is 23.7 Å². The average molecular weight is 215 g/mol. The molecule has 3 fully saturated rings. The van der Waals surface area contributed by atoms with E-state index < -0.39 is 0 Å². The predicted octanol–water partition coefficient (Wildman–Crippen LogP) is 1.61. The van der Waals surface area contributed by atoms with Crippen molar-refractivity contribution in [1.29, 1.82) is 0 Å². The second kappa shape index (κ2) is 3.27. The lowest BCUT2D eigenvalue weighted by Gasteiger charge is -2.09. The zero-order chi connectivity index (χ0) is 10.5. The van der Waals surface area contributed by atoms with Gasteiger partial charge in [0.15, 0.2) is 0 Å². The van der Waals surface area contributed by atoms with Crippen molar-refractivity contribution < 1.29 is 0 Å². The van der Waals surface area contributed by atoms with Gasteiger partial charge in [0.2, 0.25) is 0 Å². The molecule has 4 unspecified atom stereocenters. The molecular formula is C13H17N3. The Morgan fingerprint density at radius 2 is 1.81 bits per heavy atom. The van der Waals surface area contributed by atoms with Gasteiger partial charge in [0.05, 0.1) is 0 Å². The highest BCUT2D eigenvalue weighted by Gasteiger charge is 2.64. The monoisotopic (exact) mass is 215 g/mol. The van der Waals surface area contributed by atoms with E-state index in [0.717, 1.165) is 36.3 Å². The lowest BCUT2D eigenvalue weighted by Crippen LogP contribution is -2.22. The Kier molecular flexibility index (Phi) is 1.86. The van der Waals surface area contributed by atoms with Crippen molar-refractivity contribution >= 4 is 0 Å². The average Bonchev–Trinajstić information content (AvgIpc) is 2.72. The van der Waals surface area contributed by atoms with Gasteiger partial charge in [0.1, 0.15) is 6.33 Å². The summed E-state index contributed by atoms with van der Waals surface area (Å²) in [5.41, 5.74) is 1.21. The molecule has 3 nitrogen and oxygen atoms in total. The van der Waals surface area contributed by atoms with Crippen molar-refractivity contribution in [2.24, 2.45) is 23.7 Å². The van der Waals surface area contributed by atoms with Crippen molar-refractivity contribution in [3.8, 4) is 0 Å². The van der Waals surface area contributed by atoms with E-state index >= 15 is 0 Å². The highest BCUT2D eigenvalue weighted by molar-refractivity contribution is 5.17. The smallest absolute Gasteiger partial charge is 0.115 e. The zero-order valence-electron chi connectivity index (χ0n) is 9.34. The van der Waals surface area contributed by atoms with Crippen LogP contribution in [0.4, 0.5) is 0 Å². The minimum absolute atomic E-state index is 0.812. The number of aromatic nitrogens is 2. The van der Waals surface area contributed by atoms with E-state index in [2.05, 4.69) is 15.3 Å². The summed E-state index contributed by atoms with van der Waals surface area (Å²) >= 11 is 0. The maximum Gasteiger partial charge on any atom is 0.115 e. The largest absolute Gasteiger partial charge is 0.309 e. The van der Waals surface area contributed by atoms with Gasteiger partial charge in [-0.2, -0.15) is 0 Å². The van der Waals surface area contributed by atoms with Gasteiger partial charge in [-0.1, -0.05) is 0 Å². The van der Waals surface area contributed by atoms with Gasteiger partial charge in [-0.3, -0.25) is 0 Å². The number of rotatable bonds is 3. The Balaban J connectivity index is 1.38. The first-order valence-electron chi connectivity index (χ1n) is 6.41. The molecule has 84 valence electrons. The van der Waals surface area contributed by atoms with E-state index in [1.54, 1.807) is 6.33 Å². The summed E-state index contributed by atoms with van der Waals surface area (Å²) in [4.78, 5) is 8.09. The van der Waals surface area contributed by atoms with Crippen LogP contribution in [0.1, 0.15) is 24.8 Å². The third kappa shape index (κ3) is 1.24. The molecule has 0 saturated heterocycles. The van der Waals surface area contributed by atoms with Crippen molar-refractivity contribution in [3.05, 3.63) is 24.3 Å². The molecule has 16 heavy (non-hydrogen) atoms. The Hall–Kier alpha value is -0.960. The molecule has 0 radical (unpaired) electrons. The van der Waals surface area contributed by atoms with E-state index in [1.165, 1.54) is 24.8 Å². The van der Waals surface area contributed by atoms with Crippen LogP contribution in [0.5, 0.6) is 0 Å². The maximum absolute atomic E-state index is 4.05. The molecule has 1 aromatic rings. The van der Waals surface area contributed by atoms with Crippen LogP contribution in [-0.4, -0.2) is 16.0 Å². The van der Waals surface area contributed by atoms with Gasteiger partial charge in [0.25, 0.3) is 0 Å². The van der Waals surface area contributed by atoms with Gasteiger partial charge in [-0.15, -0.1) is 0 Å². The Labute approximate surface area is 95.7 Å². The quantitative estimate of drug-likeness (QED) is 0.832.